The molecule has 16 heavy (non-hydrogen) atoms. The Labute approximate surface area is 108 Å². The zero-order valence-corrected chi connectivity index (χ0v) is 10.9. The number of hydrogen-bond donors (Lipinski definition) is 0. The molecule has 0 radical (unpaired) electrons. The van der Waals surface area contributed by atoms with E-state index in [1.807, 2.05) is 0 Å². The second-order valence-electron chi connectivity index (χ2n) is 2.50. The highest BCUT2D eigenvalue weighted by Gasteiger charge is 2.34. The van der Waals surface area contributed by atoms with Crippen LogP contribution in [0.1, 0.15) is 12.0 Å². The predicted octanol–water partition coefficient (Wildman–Crippen LogP) is 4.28. The maximum atomic E-state index is 12.5. The van der Waals surface area contributed by atoms with Crippen LogP contribution < -0.4 is 4.74 Å². The molecule has 9 heteroatoms. The van der Waals surface area contributed by atoms with E-state index >= 15 is 0 Å². The molecule has 90 valence electrons. The van der Waals surface area contributed by atoms with E-state index in [-0.39, 0.29) is 8.30 Å². The summed E-state index contributed by atoms with van der Waals surface area (Å²) in [6, 6.07) is 0.792. The Hall–Kier alpha value is -0.190. The zero-order valence-electron chi connectivity index (χ0n) is 7.16. The molecule has 0 saturated carbocycles. The zero-order chi connectivity index (χ0) is 12.5. The van der Waals surface area contributed by atoms with Crippen LogP contribution in [-0.4, -0.2) is 11.3 Å². The lowest BCUT2D eigenvalue weighted by molar-refractivity contribution is -0.275. The molecular weight excluding hydrogens is 416 g/mol. The van der Waals surface area contributed by atoms with Gasteiger partial charge in [0.2, 0.25) is 0 Å². The molecule has 0 aliphatic rings. The summed E-state index contributed by atoms with van der Waals surface area (Å²) in [7, 11) is 0. The number of hydrogen-bond acceptors (Lipinski definition) is 2. The summed E-state index contributed by atoms with van der Waals surface area (Å²) >= 11 is 4.25. The average molecular weight is 418 g/mol. The molecule has 0 aliphatic carbocycles. The first-order valence-corrected chi connectivity index (χ1v) is 5.47. The molecule has 0 unspecified atom stereocenters. The second-order valence-corrected chi connectivity index (χ2v) is 4.35. The topological polar surface area (TPSA) is 22.1 Å². The third-order valence-corrected chi connectivity index (χ3v) is 2.54. The van der Waals surface area contributed by atoms with Crippen LogP contribution in [0.4, 0.5) is 22.0 Å². The fourth-order valence-electron chi connectivity index (χ4n) is 0.881. The third-order valence-electron chi connectivity index (χ3n) is 1.39. The van der Waals surface area contributed by atoms with Crippen molar-refractivity contribution in [2.24, 2.45) is 0 Å². The van der Waals surface area contributed by atoms with Crippen molar-refractivity contribution >= 4 is 38.5 Å². The van der Waals surface area contributed by atoms with Crippen LogP contribution >= 0.6 is 38.5 Å². The lowest BCUT2D eigenvalue weighted by Gasteiger charge is -2.13. The summed E-state index contributed by atoms with van der Waals surface area (Å²) in [5.41, 5.74) is -0.919. The maximum Gasteiger partial charge on any atom is 0.573 e. The first-order chi connectivity index (χ1) is 7.20. The quantitative estimate of drug-likeness (QED) is 0.407. The molecule has 0 aliphatic heterocycles. The van der Waals surface area contributed by atoms with E-state index < -0.39 is 24.1 Å². The fraction of sp³-hybridized carbons (Fsp3) is 0.286. The molecule has 0 saturated heterocycles. The van der Waals surface area contributed by atoms with Crippen molar-refractivity contribution in [1.29, 1.82) is 0 Å². The number of ether oxygens (including phenoxy) is 1. The number of halogens is 7. The van der Waals surface area contributed by atoms with Crippen LogP contribution in [-0.2, 0) is 0 Å². The van der Waals surface area contributed by atoms with E-state index in [9.17, 15) is 22.0 Å². The van der Waals surface area contributed by atoms with Gasteiger partial charge in [0.25, 0.3) is 6.43 Å². The summed E-state index contributed by atoms with van der Waals surface area (Å²) in [4.78, 5) is 3.56. The van der Waals surface area contributed by atoms with Gasteiger partial charge in [0.1, 0.15) is 14.1 Å². The van der Waals surface area contributed by atoms with Crippen LogP contribution in [0, 0.1) is 3.70 Å². The number of alkyl halides is 5. The van der Waals surface area contributed by atoms with Gasteiger partial charge in [-0.05, 0) is 38.5 Å². The Bertz CT molecular complexity index is 397. The van der Waals surface area contributed by atoms with E-state index in [4.69, 9.17) is 0 Å². The number of aromatic nitrogens is 1. The molecule has 0 aromatic carbocycles. The van der Waals surface area contributed by atoms with Gasteiger partial charge in [-0.15, -0.1) is 13.2 Å². The minimum absolute atomic E-state index is 0.105. The molecule has 0 atom stereocenters. The van der Waals surface area contributed by atoms with Crippen LogP contribution in [0.5, 0.6) is 5.75 Å². The van der Waals surface area contributed by atoms with Crippen LogP contribution in [0.15, 0.2) is 10.7 Å². The summed E-state index contributed by atoms with van der Waals surface area (Å²) in [5, 5.41) is 0. The van der Waals surface area contributed by atoms with Crippen molar-refractivity contribution in [1.82, 2.24) is 4.98 Å². The Morgan fingerprint density at radius 1 is 1.38 bits per heavy atom. The van der Waals surface area contributed by atoms with Gasteiger partial charge in [0, 0.05) is 6.07 Å². The van der Waals surface area contributed by atoms with E-state index in [0.717, 1.165) is 6.07 Å². The number of rotatable bonds is 2. The van der Waals surface area contributed by atoms with Crippen molar-refractivity contribution < 1.29 is 26.7 Å². The SMILES string of the molecule is FC(F)c1c(OC(F)(F)F)cc(I)nc1Br. The van der Waals surface area contributed by atoms with Crippen molar-refractivity contribution in [3.63, 3.8) is 0 Å². The van der Waals surface area contributed by atoms with Crippen LogP contribution in [0.2, 0.25) is 0 Å². The largest absolute Gasteiger partial charge is 0.573 e. The smallest absolute Gasteiger partial charge is 0.405 e. The minimum Gasteiger partial charge on any atom is -0.405 e. The molecule has 1 aromatic rings. The minimum atomic E-state index is -5.02. The summed E-state index contributed by atoms with van der Waals surface area (Å²) in [6.07, 6.45) is -8.13. The van der Waals surface area contributed by atoms with E-state index in [1.54, 1.807) is 22.6 Å². The lowest BCUT2D eigenvalue weighted by Crippen LogP contribution is -2.18. The first-order valence-electron chi connectivity index (χ1n) is 3.60. The molecule has 0 fully saturated rings. The maximum absolute atomic E-state index is 12.5. The Balaban J connectivity index is 3.24. The van der Waals surface area contributed by atoms with Crippen molar-refractivity contribution in [3.8, 4) is 5.75 Å². The molecule has 2 nitrogen and oxygen atoms in total. The van der Waals surface area contributed by atoms with Crippen LogP contribution in [0.3, 0.4) is 0 Å². The van der Waals surface area contributed by atoms with Gasteiger partial charge >= 0.3 is 6.36 Å². The van der Waals surface area contributed by atoms with Gasteiger partial charge in [0.15, 0.2) is 0 Å². The highest BCUT2D eigenvalue weighted by molar-refractivity contribution is 14.1. The molecule has 0 spiro atoms. The van der Waals surface area contributed by atoms with Gasteiger partial charge in [-0.3, -0.25) is 0 Å². The fourth-order valence-corrected chi connectivity index (χ4v) is 2.30. The van der Waals surface area contributed by atoms with Gasteiger partial charge in [0.05, 0.1) is 5.56 Å². The second kappa shape index (κ2) is 4.98. The van der Waals surface area contributed by atoms with Gasteiger partial charge < -0.3 is 4.74 Å². The molecule has 0 amide bonds. The van der Waals surface area contributed by atoms with Gasteiger partial charge in [-0.1, -0.05) is 0 Å². The van der Waals surface area contributed by atoms with Gasteiger partial charge in [-0.25, -0.2) is 13.8 Å². The van der Waals surface area contributed by atoms with Crippen LogP contribution in [0.25, 0.3) is 0 Å². The first kappa shape index (κ1) is 13.9. The summed E-state index contributed by atoms with van der Waals surface area (Å²) in [6.45, 7) is 0. The molecule has 1 aromatic heterocycles. The number of nitrogens with zero attached hydrogens (tertiary/aromatic N) is 1. The molecule has 0 bridgehead atoms. The highest BCUT2D eigenvalue weighted by Crippen LogP contribution is 2.37. The van der Waals surface area contributed by atoms with Gasteiger partial charge in [-0.2, -0.15) is 0 Å². The Morgan fingerprint density at radius 3 is 2.38 bits per heavy atom. The van der Waals surface area contributed by atoms with E-state index in [2.05, 4.69) is 25.7 Å². The standard InChI is InChI=1S/C7H2BrF5INO/c8-5-4(6(9)10)2(1-3(14)15-5)16-7(11,12)13/h1,6H. The average Bonchev–Trinajstić information content (AvgIpc) is 1.96. The molecule has 1 rings (SSSR count). The number of pyridine rings is 1. The highest BCUT2D eigenvalue weighted by atomic mass is 127. The normalized spacial score (nSPS) is 12.0. The van der Waals surface area contributed by atoms with E-state index in [0.29, 0.717) is 0 Å². The van der Waals surface area contributed by atoms with Crippen molar-refractivity contribution in [3.05, 3.63) is 19.9 Å². The predicted molar refractivity (Wildman–Crippen MR) is 56.3 cm³/mol. The van der Waals surface area contributed by atoms with E-state index in [1.165, 1.54) is 0 Å². The molecular formula is C7H2BrF5INO. The summed E-state index contributed by atoms with van der Waals surface area (Å²) < 4.78 is 64.0. The molecule has 0 N–H and O–H groups in total. The van der Waals surface area contributed by atoms with Crippen molar-refractivity contribution in [2.45, 2.75) is 12.8 Å². The van der Waals surface area contributed by atoms with Crippen molar-refractivity contribution in [2.75, 3.05) is 0 Å². The Kier molecular flexibility index (Phi) is 4.32. The summed E-state index contributed by atoms with van der Waals surface area (Å²) in [5.74, 6) is -0.950. The third kappa shape index (κ3) is 3.68. The monoisotopic (exact) mass is 417 g/mol. The Morgan fingerprint density at radius 2 is 1.94 bits per heavy atom. The molecule has 1 heterocycles. The lowest BCUT2D eigenvalue weighted by atomic mass is 10.3.